The minimum Gasteiger partial charge on any atom is -0.497 e. The molecule has 4 atom stereocenters. The molecule has 1 saturated heterocycles. The minimum absolute atomic E-state index is 0.0439. The normalized spacial score (nSPS) is 18.9. The van der Waals surface area contributed by atoms with Crippen molar-refractivity contribution in [2.24, 2.45) is 5.92 Å². The Hall–Kier alpha value is -5.34. The second kappa shape index (κ2) is 17.0. The van der Waals surface area contributed by atoms with Crippen molar-refractivity contribution in [1.82, 2.24) is 19.5 Å². The molecule has 2 aromatic heterocycles. The Bertz CT molecular complexity index is 2040. The van der Waals surface area contributed by atoms with Gasteiger partial charge in [0.2, 0.25) is 5.91 Å². The number of aliphatic hydroxyl groups excluding tert-OH is 1. The Morgan fingerprint density at radius 3 is 1.98 bits per heavy atom. The van der Waals surface area contributed by atoms with Gasteiger partial charge in [0.1, 0.15) is 48.5 Å². The van der Waals surface area contributed by atoms with E-state index in [-0.39, 0.29) is 23.6 Å². The fraction of sp³-hybridized carbons (Fsp3) is 0.368. The molecule has 6 rings (SSSR count). The molecule has 0 saturated carbocycles. The lowest BCUT2D eigenvalue weighted by atomic mass is 9.80. The topological polar surface area (TPSA) is 148 Å². The molecule has 304 valence electrons. The maximum absolute atomic E-state index is 13.2. The van der Waals surface area contributed by atoms with Gasteiger partial charge in [0.05, 0.1) is 33.8 Å². The Kier molecular flexibility index (Phi) is 12.3. The number of anilines is 1. The van der Waals surface area contributed by atoms with Crippen LogP contribution in [0.25, 0.3) is 11.2 Å². The van der Waals surface area contributed by atoms with Crippen LogP contribution in [-0.4, -0.2) is 95.4 Å². The Balaban J connectivity index is 1.36. The minimum atomic E-state index is -5.64. The van der Waals surface area contributed by atoms with E-state index in [1.165, 1.54) is 32.0 Å². The first-order valence-corrected chi connectivity index (χ1v) is 17.3. The lowest BCUT2D eigenvalue weighted by Crippen LogP contribution is -2.41. The molecule has 13 nitrogen and oxygen atoms in total. The van der Waals surface area contributed by atoms with Gasteiger partial charge >= 0.3 is 12.4 Å². The molecule has 19 heteroatoms. The largest absolute Gasteiger partial charge is 0.497 e. The van der Waals surface area contributed by atoms with Crippen molar-refractivity contribution >= 4 is 22.9 Å². The number of nitrogens with zero attached hydrogens (tertiary/aromatic N) is 4. The summed E-state index contributed by atoms with van der Waals surface area (Å²) in [5, 5.41) is 14.3. The SMILES string of the molecule is COc1ccc(C(OC[C@H]2O[C@@H](n3cnc4c(NC(C)=O)ncnc43)[C@H](OCOCC(C(F)(F)F)C(F)(F)F)[C@@H]2O)(c2ccccc2)c2ccc(OC)cc2)cc1. The zero-order valence-electron chi connectivity index (χ0n) is 30.5. The molecular formula is C38H37F6N5O8. The van der Waals surface area contributed by atoms with Gasteiger partial charge in [-0.1, -0.05) is 54.6 Å². The number of carbonyl (C=O) groups excluding carboxylic acids is 1. The van der Waals surface area contributed by atoms with Crippen LogP contribution >= 0.6 is 0 Å². The van der Waals surface area contributed by atoms with Gasteiger partial charge in [-0.25, -0.2) is 15.0 Å². The van der Waals surface area contributed by atoms with Gasteiger partial charge in [0.15, 0.2) is 29.1 Å². The van der Waals surface area contributed by atoms with Crippen molar-refractivity contribution in [1.29, 1.82) is 0 Å². The molecule has 57 heavy (non-hydrogen) atoms. The van der Waals surface area contributed by atoms with E-state index in [9.17, 15) is 36.2 Å². The first kappa shape index (κ1) is 41.3. The van der Waals surface area contributed by atoms with Gasteiger partial charge in [-0.3, -0.25) is 9.36 Å². The van der Waals surface area contributed by atoms with Crippen LogP contribution in [0.4, 0.5) is 32.2 Å². The van der Waals surface area contributed by atoms with E-state index in [4.69, 9.17) is 28.4 Å². The molecule has 2 N–H and O–H groups in total. The molecule has 1 aliphatic heterocycles. The van der Waals surface area contributed by atoms with Gasteiger partial charge < -0.3 is 38.8 Å². The summed E-state index contributed by atoms with van der Waals surface area (Å²) in [6.45, 7) is -1.99. The highest BCUT2D eigenvalue weighted by atomic mass is 19.4. The highest BCUT2D eigenvalue weighted by Gasteiger charge is 2.57. The fourth-order valence-corrected chi connectivity index (χ4v) is 6.50. The molecule has 1 aliphatic rings. The highest BCUT2D eigenvalue weighted by molar-refractivity contribution is 5.95. The van der Waals surface area contributed by atoms with Gasteiger partial charge in [-0.2, -0.15) is 26.3 Å². The third-order valence-electron chi connectivity index (χ3n) is 9.30. The maximum atomic E-state index is 13.2. The number of ether oxygens (including phenoxy) is 6. The first-order valence-electron chi connectivity index (χ1n) is 17.3. The monoisotopic (exact) mass is 805 g/mol. The number of hydrogen-bond donors (Lipinski definition) is 2. The maximum Gasteiger partial charge on any atom is 0.402 e. The molecule has 1 fully saturated rings. The molecule has 1 amide bonds. The van der Waals surface area contributed by atoms with E-state index in [1.807, 2.05) is 54.6 Å². The van der Waals surface area contributed by atoms with Gasteiger partial charge in [-0.05, 0) is 41.0 Å². The second-order valence-corrected chi connectivity index (χ2v) is 12.9. The van der Waals surface area contributed by atoms with Gasteiger partial charge in [0.25, 0.3) is 0 Å². The Morgan fingerprint density at radius 1 is 0.860 bits per heavy atom. The number of carbonyl (C=O) groups is 1. The van der Waals surface area contributed by atoms with Gasteiger partial charge in [-0.15, -0.1) is 0 Å². The van der Waals surface area contributed by atoms with E-state index in [0.717, 1.165) is 6.33 Å². The van der Waals surface area contributed by atoms with Crippen LogP contribution in [0.5, 0.6) is 11.5 Å². The quantitative estimate of drug-likeness (QED) is 0.0542. The Morgan fingerprint density at radius 2 is 1.44 bits per heavy atom. The molecule has 5 aromatic rings. The number of halogens is 6. The van der Waals surface area contributed by atoms with Crippen molar-refractivity contribution < 1.29 is 64.7 Å². The van der Waals surface area contributed by atoms with E-state index in [0.29, 0.717) is 28.2 Å². The predicted octanol–water partition coefficient (Wildman–Crippen LogP) is 6.17. The number of aromatic nitrogens is 4. The number of amides is 1. The molecule has 0 spiro atoms. The van der Waals surface area contributed by atoms with Crippen molar-refractivity contribution in [3.05, 3.63) is 108 Å². The average Bonchev–Trinajstić information content (AvgIpc) is 3.75. The van der Waals surface area contributed by atoms with E-state index in [1.54, 1.807) is 24.3 Å². The molecule has 0 unspecified atom stereocenters. The summed E-state index contributed by atoms with van der Waals surface area (Å²) in [5.41, 5.74) is 0.810. The number of hydrogen-bond acceptors (Lipinski definition) is 11. The zero-order chi connectivity index (χ0) is 41.0. The van der Waals surface area contributed by atoms with E-state index in [2.05, 4.69) is 20.3 Å². The smallest absolute Gasteiger partial charge is 0.402 e. The second-order valence-electron chi connectivity index (χ2n) is 12.9. The van der Waals surface area contributed by atoms with Crippen molar-refractivity contribution in [3.8, 4) is 11.5 Å². The van der Waals surface area contributed by atoms with Crippen LogP contribution in [0.15, 0.2) is 91.5 Å². The number of alkyl halides is 6. The highest BCUT2D eigenvalue weighted by Crippen LogP contribution is 2.44. The predicted molar refractivity (Wildman–Crippen MR) is 189 cm³/mol. The summed E-state index contributed by atoms with van der Waals surface area (Å²) < 4.78 is 115. The molecular weight excluding hydrogens is 768 g/mol. The average molecular weight is 806 g/mol. The third-order valence-corrected chi connectivity index (χ3v) is 9.30. The molecule has 3 heterocycles. The standard InChI is InChI=1S/C38H37F6N5O8/c1-22(50)48-33-30-34(46-19-45-33)49(20-47-30)35-32(55-21-54-18-29(37(39,40)41)38(42,43)44)31(51)28(57-35)17-56-36(23-7-5-4-6-8-23,24-9-13-26(52-2)14-10-24)25-11-15-27(53-3)16-12-25/h4-16,19-20,28-29,31-32,35,51H,17-18,21H2,1-3H3,(H,45,46,48,50)/t28-,31-,32-,35-/m1/s1. The van der Waals surface area contributed by atoms with E-state index < -0.39 is 67.7 Å². The number of nitrogens with one attached hydrogen (secondary N) is 1. The summed E-state index contributed by atoms with van der Waals surface area (Å²) in [7, 11) is 3.05. The third kappa shape index (κ3) is 8.81. The van der Waals surface area contributed by atoms with Crippen LogP contribution in [0.1, 0.15) is 29.8 Å². The Labute approximate surface area is 321 Å². The number of imidazole rings is 1. The number of fused-ring (bicyclic) bond motifs is 1. The molecule has 3 aromatic carbocycles. The van der Waals surface area contributed by atoms with Crippen molar-refractivity contribution in [2.75, 3.05) is 39.5 Å². The van der Waals surface area contributed by atoms with E-state index >= 15 is 0 Å². The molecule has 0 bridgehead atoms. The van der Waals surface area contributed by atoms with Crippen LogP contribution in [0.2, 0.25) is 0 Å². The lowest BCUT2D eigenvalue weighted by Gasteiger charge is -2.37. The summed E-state index contributed by atoms with van der Waals surface area (Å²) in [6, 6.07) is 23.5. The van der Waals surface area contributed by atoms with Crippen LogP contribution in [-0.2, 0) is 29.3 Å². The van der Waals surface area contributed by atoms with Gasteiger partial charge in [0, 0.05) is 6.92 Å². The summed E-state index contributed by atoms with van der Waals surface area (Å²) >= 11 is 0. The van der Waals surface area contributed by atoms with Crippen LogP contribution in [0, 0.1) is 5.92 Å². The summed E-state index contributed by atoms with van der Waals surface area (Å²) in [4.78, 5) is 24.4. The molecule has 0 radical (unpaired) electrons. The lowest BCUT2D eigenvalue weighted by molar-refractivity contribution is -0.299. The number of methoxy groups -OCH3 is 2. The fourth-order valence-electron chi connectivity index (χ4n) is 6.50. The number of rotatable bonds is 15. The van der Waals surface area contributed by atoms with Crippen LogP contribution in [0.3, 0.4) is 0 Å². The van der Waals surface area contributed by atoms with Crippen molar-refractivity contribution in [2.45, 2.75) is 49.4 Å². The summed E-state index contributed by atoms with van der Waals surface area (Å²) in [5.74, 6) is -3.05. The zero-order valence-corrected chi connectivity index (χ0v) is 30.5. The first-order chi connectivity index (χ1) is 27.2. The van der Waals surface area contributed by atoms with Crippen molar-refractivity contribution in [3.63, 3.8) is 0 Å². The molecule has 0 aliphatic carbocycles. The summed E-state index contributed by atoms with van der Waals surface area (Å²) in [6.07, 6.45) is -14.6. The number of aliphatic hydroxyl groups is 1. The van der Waals surface area contributed by atoms with Crippen LogP contribution < -0.4 is 14.8 Å². The number of benzene rings is 3.